The summed E-state index contributed by atoms with van der Waals surface area (Å²) < 4.78 is 6.77. The van der Waals surface area contributed by atoms with Crippen LogP contribution in [0.2, 0.25) is 0 Å². The number of thioether (sulfide) groups is 1. The van der Waals surface area contributed by atoms with E-state index in [2.05, 4.69) is 23.4 Å². The predicted molar refractivity (Wildman–Crippen MR) is 113 cm³/mol. The molecule has 0 radical (unpaired) electrons. The van der Waals surface area contributed by atoms with Crippen molar-refractivity contribution in [3.63, 3.8) is 0 Å². The minimum Gasteiger partial charge on any atom is -0.381 e. The lowest BCUT2D eigenvalue weighted by molar-refractivity contribution is 0.0999. The van der Waals surface area contributed by atoms with Crippen LogP contribution >= 0.6 is 11.8 Å². The van der Waals surface area contributed by atoms with Crippen molar-refractivity contribution in [2.45, 2.75) is 50.2 Å². The molecule has 0 atom stereocenters. The Hall–Kier alpha value is -2.12. The molecule has 6 nitrogen and oxygen atoms in total. The van der Waals surface area contributed by atoms with Crippen molar-refractivity contribution in [3.05, 3.63) is 58.0 Å². The van der Waals surface area contributed by atoms with Crippen molar-refractivity contribution in [3.8, 4) is 0 Å². The Labute approximate surface area is 169 Å². The summed E-state index contributed by atoms with van der Waals surface area (Å²) in [6.07, 6.45) is 4.01. The highest BCUT2D eigenvalue weighted by molar-refractivity contribution is 7.99. The van der Waals surface area contributed by atoms with Gasteiger partial charge in [0.25, 0.3) is 11.5 Å². The molecule has 0 bridgehead atoms. The minimum atomic E-state index is -0.306. The van der Waals surface area contributed by atoms with E-state index in [4.69, 9.17) is 4.74 Å². The van der Waals surface area contributed by atoms with Gasteiger partial charge in [0, 0.05) is 42.5 Å². The molecule has 1 aliphatic rings. The SMILES string of the molecule is CCCCn1nc(C(=O)Nc2cccc(CSC3CCOCC3)c2)ccc1=O. The largest absolute Gasteiger partial charge is 0.381 e. The Kier molecular flexibility index (Phi) is 7.68. The van der Waals surface area contributed by atoms with Gasteiger partial charge >= 0.3 is 0 Å². The number of hydrogen-bond acceptors (Lipinski definition) is 5. The predicted octanol–water partition coefficient (Wildman–Crippen LogP) is 3.71. The van der Waals surface area contributed by atoms with E-state index in [-0.39, 0.29) is 17.2 Å². The van der Waals surface area contributed by atoms with Gasteiger partial charge in [-0.3, -0.25) is 9.59 Å². The van der Waals surface area contributed by atoms with Crippen LogP contribution in [0.4, 0.5) is 5.69 Å². The molecule has 28 heavy (non-hydrogen) atoms. The van der Waals surface area contributed by atoms with E-state index in [1.54, 1.807) is 0 Å². The van der Waals surface area contributed by atoms with Gasteiger partial charge in [-0.15, -0.1) is 0 Å². The Morgan fingerprint density at radius 1 is 1.29 bits per heavy atom. The zero-order valence-electron chi connectivity index (χ0n) is 16.2. The molecular weight excluding hydrogens is 374 g/mol. The fraction of sp³-hybridized carbons (Fsp3) is 0.476. The second-order valence-corrected chi connectivity index (χ2v) is 8.20. The van der Waals surface area contributed by atoms with Crippen LogP contribution in [0.3, 0.4) is 0 Å². The van der Waals surface area contributed by atoms with E-state index in [0.717, 1.165) is 50.3 Å². The first-order chi connectivity index (χ1) is 13.7. The number of ether oxygens (including phenoxy) is 1. The number of benzene rings is 1. The van der Waals surface area contributed by atoms with Crippen molar-refractivity contribution in [2.75, 3.05) is 18.5 Å². The summed E-state index contributed by atoms with van der Waals surface area (Å²) in [5.41, 5.74) is 1.98. The first-order valence-corrected chi connectivity index (χ1v) is 10.9. The van der Waals surface area contributed by atoms with E-state index in [9.17, 15) is 9.59 Å². The number of carbonyl (C=O) groups excluding carboxylic acids is 1. The van der Waals surface area contributed by atoms with Crippen molar-refractivity contribution in [1.29, 1.82) is 0 Å². The number of carbonyl (C=O) groups is 1. The van der Waals surface area contributed by atoms with Gasteiger partial charge in [0.15, 0.2) is 0 Å². The zero-order valence-corrected chi connectivity index (χ0v) is 17.0. The lowest BCUT2D eigenvalue weighted by atomic mass is 10.2. The summed E-state index contributed by atoms with van der Waals surface area (Å²) >= 11 is 1.94. The summed E-state index contributed by atoms with van der Waals surface area (Å²) in [5.74, 6) is 0.605. The van der Waals surface area contributed by atoms with Gasteiger partial charge in [-0.25, -0.2) is 4.68 Å². The number of aryl methyl sites for hydroxylation is 1. The Morgan fingerprint density at radius 3 is 2.89 bits per heavy atom. The molecule has 3 rings (SSSR count). The topological polar surface area (TPSA) is 73.2 Å². The van der Waals surface area contributed by atoms with Crippen LogP contribution in [0.15, 0.2) is 41.2 Å². The maximum Gasteiger partial charge on any atom is 0.276 e. The third-order valence-electron chi connectivity index (χ3n) is 4.66. The van der Waals surface area contributed by atoms with E-state index in [1.165, 1.54) is 22.4 Å². The smallest absolute Gasteiger partial charge is 0.276 e. The zero-order chi connectivity index (χ0) is 19.8. The molecule has 1 aromatic heterocycles. The lowest BCUT2D eigenvalue weighted by Gasteiger charge is -2.21. The Balaban J connectivity index is 1.61. The molecule has 150 valence electrons. The molecule has 0 spiro atoms. The van der Waals surface area contributed by atoms with Crippen LogP contribution in [0.5, 0.6) is 0 Å². The van der Waals surface area contributed by atoms with Crippen molar-refractivity contribution in [2.24, 2.45) is 0 Å². The normalized spacial score (nSPS) is 14.8. The molecule has 1 fully saturated rings. The Morgan fingerprint density at radius 2 is 2.11 bits per heavy atom. The number of anilines is 1. The molecule has 0 saturated carbocycles. The van der Waals surface area contributed by atoms with E-state index < -0.39 is 0 Å². The highest BCUT2D eigenvalue weighted by Gasteiger charge is 2.14. The molecule has 1 aromatic carbocycles. The standard InChI is InChI=1S/C21H27N3O3S/c1-2-3-11-24-20(25)8-7-19(23-24)21(26)22-17-6-4-5-16(14-17)15-28-18-9-12-27-13-10-18/h4-8,14,18H,2-3,9-13,15H2,1H3,(H,22,26). The van der Waals surface area contributed by atoms with Crippen LogP contribution in [0.25, 0.3) is 0 Å². The Bertz CT molecular complexity index is 847. The van der Waals surface area contributed by atoms with Crippen molar-refractivity contribution in [1.82, 2.24) is 9.78 Å². The summed E-state index contributed by atoms with van der Waals surface area (Å²) in [4.78, 5) is 24.4. The van der Waals surface area contributed by atoms with Gasteiger partial charge in [0.05, 0.1) is 0 Å². The van der Waals surface area contributed by atoms with E-state index >= 15 is 0 Å². The fourth-order valence-corrected chi connectivity index (χ4v) is 4.16. The number of unbranched alkanes of at least 4 members (excludes halogenated alkanes) is 1. The van der Waals surface area contributed by atoms with Gasteiger partial charge in [-0.2, -0.15) is 16.9 Å². The van der Waals surface area contributed by atoms with Crippen LogP contribution < -0.4 is 10.9 Å². The second-order valence-electron chi connectivity index (χ2n) is 6.91. The molecule has 0 aliphatic carbocycles. The van der Waals surface area contributed by atoms with Gasteiger partial charge in [-0.1, -0.05) is 25.5 Å². The fourth-order valence-electron chi connectivity index (χ4n) is 3.03. The number of rotatable bonds is 8. The van der Waals surface area contributed by atoms with Crippen LogP contribution in [-0.2, 0) is 17.0 Å². The van der Waals surface area contributed by atoms with Gasteiger partial charge in [-0.05, 0) is 43.0 Å². The number of nitrogens with one attached hydrogen (secondary N) is 1. The summed E-state index contributed by atoms with van der Waals surface area (Å²) in [6.45, 7) is 4.27. The first kappa shape index (κ1) is 20.6. The quantitative estimate of drug-likeness (QED) is 0.730. The molecular formula is C21H27N3O3S. The number of hydrogen-bond donors (Lipinski definition) is 1. The number of aromatic nitrogens is 2. The van der Waals surface area contributed by atoms with Gasteiger partial charge < -0.3 is 10.1 Å². The minimum absolute atomic E-state index is 0.183. The summed E-state index contributed by atoms with van der Waals surface area (Å²) in [7, 11) is 0. The highest BCUT2D eigenvalue weighted by atomic mass is 32.2. The summed E-state index contributed by atoms with van der Waals surface area (Å²) in [6, 6.07) is 10.8. The van der Waals surface area contributed by atoms with Gasteiger partial charge in [0.1, 0.15) is 5.69 Å². The maximum absolute atomic E-state index is 12.6. The van der Waals surface area contributed by atoms with Crippen molar-refractivity contribution < 1.29 is 9.53 Å². The molecule has 7 heteroatoms. The second kappa shape index (κ2) is 10.4. The maximum atomic E-state index is 12.6. The van der Waals surface area contributed by atoms with Crippen LogP contribution in [0, 0.1) is 0 Å². The first-order valence-electron chi connectivity index (χ1n) is 9.83. The lowest BCUT2D eigenvalue weighted by Crippen LogP contribution is -2.26. The monoisotopic (exact) mass is 401 g/mol. The summed E-state index contributed by atoms with van der Waals surface area (Å²) in [5, 5.41) is 7.73. The third kappa shape index (κ3) is 5.94. The average Bonchev–Trinajstić information content (AvgIpc) is 2.72. The third-order valence-corrected chi connectivity index (χ3v) is 6.10. The van der Waals surface area contributed by atoms with Crippen LogP contribution in [-0.4, -0.2) is 34.2 Å². The molecule has 1 aliphatic heterocycles. The molecule has 0 unspecified atom stereocenters. The highest BCUT2D eigenvalue weighted by Crippen LogP contribution is 2.26. The van der Waals surface area contributed by atoms with Gasteiger partial charge in [0.2, 0.25) is 0 Å². The molecule has 1 amide bonds. The average molecular weight is 402 g/mol. The van der Waals surface area contributed by atoms with Crippen LogP contribution in [0.1, 0.15) is 48.7 Å². The molecule has 2 aromatic rings. The van der Waals surface area contributed by atoms with E-state index in [0.29, 0.717) is 11.8 Å². The molecule has 1 saturated heterocycles. The van der Waals surface area contributed by atoms with Crippen molar-refractivity contribution >= 4 is 23.4 Å². The molecule has 1 N–H and O–H groups in total. The number of nitrogens with zero attached hydrogens (tertiary/aromatic N) is 2. The molecule has 2 heterocycles. The van der Waals surface area contributed by atoms with E-state index in [1.807, 2.05) is 30.0 Å². The number of amides is 1.